The van der Waals surface area contributed by atoms with Crippen molar-refractivity contribution in [2.75, 3.05) is 0 Å². The molecule has 2 aromatic heterocycles. The largest absolute Gasteiger partial charge is 0.329 e. The maximum atomic E-state index is 13.2. The van der Waals surface area contributed by atoms with Crippen molar-refractivity contribution in [3.8, 4) is 0 Å². The molecule has 30 heavy (non-hydrogen) atoms. The van der Waals surface area contributed by atoms with E-state index in [1.165, 1.54) is 31.3 Å². The van der Waals surface area contributed by atoms with Crippen molar-refractivity contribution in [2.24, 2.45) is 7.05 Å². The van der Waals surface area contributed by atoms with E-state index in [0.717, 1.165) is 8.87 Å². The first kappa shape index (κ1) is 20.1. The number of carbonyl (C=O) groups excluding carboxylic acids is 1. The molecule has 1 aromatic carbocycles. The third kappa shape index (κ3) is 3.24. The number of rotatable bonds is 5. The molecule has 1 aliphatic rings. The highest BCUT2D eigenvalue weighted by Crippen LogP contribution is 2.44. The Balaban J connectivity index is 1.85. The summed E-state index contributed by atoms with van der Waals surface area (Å²) in [4.78, 5) is 39.9. The van der Waals surface area contributed by atoms with Crippen LogP contribution in [-0.4, -0.2) is 43.5 Å². The summed E-state index contributed by atoms with van der Waals surface area (Å²) in [5.41, 5.74) is -1.11. The first-order chi connectivity index (χ1) is 14.0. The molecule has 1 amide bonds. The number of H-pyrrole nitrogens is 1. The number of carbonyl (C=O) groups is 1. The number of fused-ring (bicyclic) bond motifs is 1. The van der Waals surface area contributed by atoms with Crippen molar-refractivity contribution >= 4 is 26.8 Å². The fourth-order valence-electron chi connectivity index (χ4n) is 3.60. The van der Waals surface area contributed by atoms with Gasteiger partial charge in [-0.1, -0.05) is 0 Å². The molecule has 1 aliphatic carbocycles. The predicted octanol–water partition coefficient (Wildman–Crippen LogP) is 0.561. The SMILES string of the molecule is CC(=O)N(C1(C)CC1)S(=O)(=O)c1ccc2[nH]c(=O)n(Cc3cnn(C)c3)c(=O)c2c1. The van der Waals surface area contributed by atoms with Gasteiger partial charge in [0.25, 0.3) is 15.6 Å². The third-order valence-electron chi connectivity index (χ3n) is 5.34. The number of aromatic nitrogens is 4. The number of nitrogens with zero attached hydrogens (tertiary/aromatic N) is 4. The van der Waals surface area contributed by atoms with Crippen LogP contribution in [0.2, 0.25) is 0 Å². The molecule has 1 N–H and O–H groups in total. The standard InChI is InChI=1S/C19H21N5O5S/c1-12(25)24(19(2)6-7-19)30(28,29)14-4-5-16-15(8-14)17(26)23(18(27)21-16)11-13-9-20-22(3)10-13/h4-5,8-10H,6-7,11H2,1-3H3,(H,21,27). The number of aromatic amines is 1. The average Bonchev–Trinajstić information content (AvgIpc) is 3.24. The fourth-order valence-corrected chi connectivity index (χ4v) is 5.42. The van der Waals surface area contributed by atoms with Crippen LogP contribution in [0, 0.1) is 0 Å². The number of aryl methyl sites for hydroxylation is 1. The summed E-state index contributed by atoms with van der Waals surface area (Å²) < 4.78 is 29.8. The van der Waals surface area contributed by atoms with Gasteiger partial charge in [-0.2, -0.15) is 5.10 Å². The second-order valence-corrected chi connectivity index (χ2v) is 9.62. The average molecular weight is 431 g/mol. The lowest BCUT2D eigenvalue weighted by Gasteiger charge is -2.27. The van der Waals surface area contributed by atoms with Gasteiger partial charge in [0.15, 0.2) is 0 Å². The zero-order valence-corrected chi connectivity index (χ0v) is 17.6. The molecular weight excluding hydrogens is 410 g/mol. The predicted molar refractivity (Wildman–Crippen MR) is 108 cm³/mol. The summed E-state index contributed by atoms with van der Waals surface area (Å²) >= 11 is 0. The molecule has 1 fully saturated rings. The molecule has 0 aliphatic heterocycles. The quantitative estimate of drug-likeness (QED) is 0.629. The van der Waals surface area contributed by atoms with Gasteiger partial charge in [-0.25, -0.2) is 17.5 Å². The molecule has 0 saturated heterocycles. The van der Waals surface area contributed by atoms with E-state index in [4.69, 9.17) is 0 Å². The summed E-state index contributed by atoms with van der Waals surface area (Å²) in [5, 5.41) is 4.06. The van der Waals surface area contributed by atoms with E-state index in [-0.39, 0.29) is 22.3 Å². The lowest BCUT2D eigenvalue weighted by Crippen LogP contribution is -2.43. The van der Waals surface area contributed by atoms with Crippen molar-refractivity contribution in [3.05, 3.63) is 57.0 Å². The van der Waals surface area contributed by atoms with Crippen LogP contribution in [0.25, 0.3) is 10.9 Å². The Morgan fingerprint density at radius 1 is 1.30 bits per heavy atom. The maximum absolute atomic E-state index is 13.2. The van der Waals surface area contributed by atoms with Gasteiger partial charge in [0.05, 0.1) is 34.1 Å². The number of nitrogens with one attached hydrogen (secondary N) is 1. The van der Waals surface area contributed by atoms with Crippen LogP contribution in [0.1, 0.15) is 32.3 Å². The van der Waals surface area contributed by atoms with Gasteiger partial charge in [-0.15, -0.1) is 0 Å². The summed E-state index contributed by atoms with van der Waals surface area (Å²) in [5.74, 6) is -0.578. The van der Waals surface area contributed by atoms with Crippen LogP contribution in [0.15, 0.2) is 45.1 Å². The third-order valence-corrected chi connectivity index (χ3v) is 7.37. The molecule has 3 aromatic rings. The minimum absolute atomic E-state index is 0.00737. The lowest BCUT2D eigenvalue weighted by molar-refractivity contribution is -0.125. The molecule has 0 atom stereocenters. The Morgan fingerprint density at radius 2 is 2.00 bits per heavy atom. The number of amides is 1. The van der Waals surface area contributed by atoms with Crippen LogP contribution in [0.4, 0.5) is 0 Å². The Morgan fingerprint density at radius 3 is 2.57 bits per heavy atom. The van der Waals surface area contributed by atoms with Gasteiger partial charge in [0, 0.05) is 25.7 Å². The number of benzene rings is 1. The zero-order valence-electron chi connectivity index (χ0n) is 16.7. The highest BCUT2D eigenvalue weighted by atomic mass is 32.2. The Bertz CT molecular complexity index is 1390. The molecule has 0 radical (unpaired) electrons. The minimum atomic E-state index is -4.15. The molecule has 158 valence electrons. The minimum Gasteiger partial charge on any atom is -0.307 e. The highest BCUT2D eigenvalue weighted by molar-refractivity contribution is 7.89. The highest BCUT2D eigenvalue weighted by Gasteiger charge is 2.50. The zero-order chi connectivity index (χ0) is 21.8. The number of hydrogen-bond acceptors (Lipinski definition) is 6. The maximum Gasteiger partial charge on any atom is 0.329 e. The molecule has 4 rings (SSSR count). The van der Waals surface area contributed by atoms with E-state index in [9.17, 15) is 22.8 Å². The smallest absolute Gasteiger partial charge is 0.307 e. The fraction of sp³-hybridized carbons (Fsp3) is 0.368. The Hall–Kier alpha value is -3.21. The molecule has 1 saturated carbocycles. The van der Waals surface area contributed by atoms with Crippen LogP contribution in [0.3, 0.4) is 0 Å². The van der Waals surface area contributed by atoms with Crippen LogP contribution in [0.5, 0.6) is 0 Å². The molecule has 2 heterocycles. The molecular formula is C19H21N5O5S. The van der Waals surface area contributed by atoms with Gasteiger partial charge in [-0.05, 0) is 38.0 Å². The second kappa shape index (κ2) is 6.66. The second-order valence-electron chi connectivity index (χ2n) is 7.84. The summed E-state index contributed by atoms with van der Waals surface area (Å²) in [7, 11) is -2.43. The van der Waals surface area contributed by atoms with Crippen molar-refractivity contribution in [1.29, 1.82) is 0 Å². The normalized spacial score (nSPS) is 15.3. The van der Waals surface area contributed by atoms with Crippen LogP contribution in [-0.2, 0) is 28.4 Å². The molecule has 0 spiro atoms. The summed E-state index contributed by atoms with van der Waals surface area (Å²) in [6.45, 7) is 2.92. The van der Waals surface area contributed by atoms with E-state index >= 15 is 0 Å². The monoisotopic (exact) mass is 431 g/mol. The number of hydrogen-bond donors (Lipinski definition) is 1. The van der Waals surface area contributed by atoms with Gasteiger partial charge < -0.3 is 4.98 Å². The van der Waals surface area contributed by atoms with Gasteiger partial charge >= 0.3 is 5.69 Å². The van der Waals surface area contributed by atoms with Gasteiger partial charge in [-0.3, -0.25) is 18.8 Å². The topological polar surface area (TPSA) is 127 Å². The Kier molecular flexibility index (Phi) is 4.46. The van der Waals surface area contributed by atoms with E-state index in [2.05, 4.69) is 10.1 Å². The molecule has 0 unspecified atom stereocenters. The van der Waals surface area contributed by atoms with E-state index in [0.29, 0.717) is 18.4 Å². The molecule has 0 bridgehead atoms. The van der Waals surface area contributed by atoms with Crippen molar-refractivity contribution in [1.82, 2.24) is 23.6 Å². The van der Waals surface area contributed by atoms with Crippen molar-refractivity contribution in [2.45, 2.75) is 43.7 Å². The van der Waals surface area contributed by atoms with E-state index < -0.39 is 32.7 Å². The lowest BCUT2D eigenvalue weighted by atomic mass is 10.2. The van der Waals surface area contributed by atoms with Gasteiger partial charge in [0.1, 0.15) is 0 Å². The Labute approximate surface area is 171 Å². The van der Waals surface area contributed by atoms with Crippen molar-refractivity contribution in [3.63, 3.8) is 0 Å². The van der Waals surface area contributed by atoms with E-state index in [1.54, 1.807) is 24.9 Å². The van der Waals surface area contributed by atoms with Crippen molar-refractivity contribution < 1.29 is 13.2 Å². The first-order valence-electron chi connectivity index (χ1n) is 9.33. The van der Waals surface area contributed by atoms with Gasteiger partial charge in [0.2, 0.25) is 5.91 Å². The molecule has 10 nitrogen and oxygen atoms in total. The summed E-state index contributed by atoms with van der Waals surface area (Å²) in [6, 6.07) is 3.87. The number of sulfonamides is 1. The van der Waals surface area contributed by atoms with Crippen LogP contribution >= 0.6 is 0 Å². The first-order valence-corrected chi connectivity index (χ1v) is 10.8. The van der Waals surface area contributed by atoms with Crippen LogP contribution < -0.4 is 11.2 Å². The van der Waals surface area contributed by atoms with E-state index in [1.807, 2.05) is 0 Å². The molecule has 11 heteroatoms. The summed E-state index contributed by atoms with van der Waals surface area (Å²) in [6.07, 6.45) is 4.39.